The van der Waals surface area contributed by atoms with Gasteiger partial charge in [-0.2, -0.15) is 0 Å². The van der Waals surface area contributed by atoms with E-state index in [1.807, 2.05) is 74.3 Å². The van der Waals surface area contributed by atoms with Gasteiger partial charge in [0.15, 0.2) is 0 Å². The first-order chi connectivity index (χ1) is 12.0. The van der Waals surface area contributed by atoms with Gasteiger partial charge in [0.1, 0.15) is 0 Å². The lowest BCUT2D eigenvalue weighted by atomic mass is 10.1. The van der Waals surface area contributed by atoms with Crippen LogP contribution in [0.2, 0.25) is 0 Å². The zero-order chi connectivity index (χ0) is 18.2. The largest absolute Gasteiger partial charge is 0.395 e. The molecular weight excluding hydrogens is 314 g/mol. The molecule has 2 rings (SSSR count). The Morgan fingerprint density at radius 2 is 1.84 bits per heavy atom. The molecule has 0 aliphatic carbocycles. The number of likely N-dealkylation sites (N-methyl/N-ethyl adjacent to an activating group) is 1. The molecule has 0 radical (unpaired) electrons. The van der Waals surface area contributed by atoms with Crippen molar-refractivity contribution in [2.75, 3.05) is 35.7 Å². The number of anilines is 3. The molecule has 3 N–H and O–H groups in total. The molecule has 1 unspecified atom stereocenters. The van der Waals surface area contributed by atoms with Gasteiger partial charge in [0.25, 0.3) is 0 Å². The quantitative estimate of drug-likeness (QED) is 0.690. The average molecular weight is 341 g/mol. The number of carbonyl (C=O) groups is 1. The third kappa shape index (κ3) is 5.80. The Kier molecular flexibility index (Phi) is 6.83. The van der Waals surface area contributed by atoms with Crippen molar-refractivity contribution in [2.45, 2.75) is 26.3 Å². The second-order valence-electron chi connectivity index (χ2n) is 6.30. The van der Waals surface area contributed by atoms with Crippen molar-refractivity contribution in [3.8, 4) is 0 Å². The van der Waals surface area contributed by atoms with Gasteiger partial charge in [-0.3, -0.25) is 4.79 Å². The van der Waals surface area contributed by atoms with Gasteiger partial charge in [-0.1, -0.05) is 18.2 Å². The molecule has 0 aliphatic rings. The van der Waals surface area contributed by atoms with Gasteiger partial charge in [-0.15, -0.1) is 0 Å². The highest BCUT2D eigenvalue weighted by molar-refractivity contribution is 5.92. The minimum absolute atomic E-state index is 0.00593. The zero-order valence-electron chi connectivity index (χ0n) is 15.1. The summed E-state index contributed by atoms with van der Waals surface area (Å²) in [7, 11) is 1.94. The van der Waals surface area contributed by atoms with Gasteiger partial charge in [-0.25, -0.2) is 0 Å². The normalized spacial score (nSPS) is 11.7. The van der Waals surface area contributed by atoms with Crippen LogP contribution in [-0.2, 0) is 4.79 Å². The number of amides is 1. The van der Waals surface area contributed by atoms with E-state index in [1.165, 1.54) is 0 Å². The monoisotopic (exact) mass is 341 g/mol. The van der Waals surface area contributed by atoms with E-state index in [1.54, 1.807) is 0 Å². The number of rotatable bonds is 8. The number of hydrogen-bond donors (Lipinski definition) is 3. The van der Waals surface area contributed by atoms with Crippen LogP contribution in [-0.4, -0.2) is 37.3 Å². The van der Waals surface area contributed by atoms with Crippen LogP contribution in [0.5, 0.6) is 0 Å². The highest BCUT2D eigenvalue weighted by Crippen LogP contribution is 2.18. The number of carbonyl (C=O) groups excluding carboxylic acids is 1. The van der Waals surface area contributed by atoms with Crippen LogP contribution < -0.4 is 15.5 Å². The van der Waals surface area contributed by atoms with Gasteiger partial charge < -0.3 is 20.6 Å². The van der Waals surface area contributed by atoms with Gasteiger partial charge in [-0.05, 0) is 49.7 Å². The maximum absolute atomic E-state index is 12.2. The van der Waals surface area contributed by atoms with Gasteiger partial charge in [0.05, 0.1) is 6.61 Å². The van der Waals surface area contributed by atoms with Crippen molar-refractivity contribution >= 4 is 23.0 Å². The fourth-order valence-corrected chi connectivity index (χ4v) is 2.62. The molecule has 0 bridgehead atoms. The first kappa shape index (κ1) is 18.8. The summed E-state index contributed by atoms with van der Waals surface area (Å²) in [5.41, 5.74) is 3.93. The molecule has 0 saturated heterocycles. The number of aliphatic hydroxyl groups is 1. The predicted octanol–water partition coefficient (Wildman–Crippen LogP) is 3.25. The van der Waals surface area contributed by atoms with E-state index in [-0.39, 0.29) is 18.6 Å². The molecule has 0 spiro atoms. The SMILES string of the molecule is Cc1ccccc1NC(=O)CC(C)Nc1ccc(N(C)CCO)cc1. The molecule has 2 aromatic carbocycles. The Labute approximate surface area is 149 Å². The average Bonchev–Trinajstić information content (AvgIpc) is 2.57. The van der Waals surface area contributed by atoms with Crippen LogP contribution >= 0.6 is 0 Å². The van der Waals surface area contributed by atoms with Crippen LogP contribution in [0, 0.1) is 6.92 Å². The number of aryl methyl sites for hydroxylation is 1. The molecule has 25 heavy (non-hydrogen) atoms. The van der Waals surface area contributed by atoms with Crippen LogP contribution in [0.4, 0.5) is 17.1 Å². The minimum Gasteiger partial charge on any atom is -0.395 e. The molecule has 134 valence electrons. The van der Waals surface area contributed by atoms with Crippen molar-refractivity contribution in [2.24, 2.45) is 0 Å². The summed E-state index contributed by atoms with van der Waals surface area (Å²) in [5.74, 6) is -0.00593. The number of nitrogens with zero attached hydrogens (tertiary/aromatic N) is 1. The van der Waals surface area contributed by atoms with Crippen LogP contribution in [0.25, 0.3) is 0 Å². The summed E-state index contributed by atoms with van der Waals surface area (Å²) < 4.78 is 0. The highest BCUT2D eigenvalue weighted by atomic mass is 16.3. The first-order valence-corrected chi connectivity index (χ1v) is 8.53. The summed E-state index contributed by atoms with van der Waals surface area (Å²) >= 11 is 0. The van der Waals surface area contributed by atoms with E-state index in [0.717, 1.165) is 22.6 Å². The molecule has 5 nitrogen and oxygen atoms in total. The van der Waals surface area contributed by atoms with E-state index < -0.39 is 0 Å². The van der Waals surface area contributed by atoms with Crippen molar-refractivity contribution in [1.29, 1.82) is 0 Å². The van der Waals surface area contributed by atoms with Crippen molar-refractivity contribution in [1.82, 2.24) is 0 Å². The van der Waals surface area contributed by atoms with E-state index in [0.29, 0.717) is 13.0 Å². The third-order valence-electron chi connectivity index (χ3n) is 4.07. The fourth-order valence-electron chi connectivity index (χ4n) is 2.62. The van der Waals surface area contributed by atoms with Crippen LogP contribution in [0.15, 0.2) is 48.5 Å². The molecule has 0 fully saturated rings. The smallest absolute Gasteiger partial charge is 0.226 e. The Morgan fingerprint density at radius 1 is 1.16 bits per heavy atom. The molecular formula is C20H27N3O2. The van der Waals surface area contributed by atoms with Gasteiger partial charge in [0.2, 0.25) is 5.91 Å². The fraction of sp³-hybridized carbons (Fsp3) is 0.350. The highest BCUT2D eigenvalue weighted by Gasteiger charge is 2.10. The standard InChI is InChI=1S/C20H27N3O2/c1-15-6-4-5-7-19(15)22-20(25)14-16(2)21-17-8-10-18(11-9-17)23(3)12-13-24/h4-11,16,21,24H,12-14H2,1-3H3,(H,22,25). The number of para-hydroxylation sites is 1. The molecule has 2 aromatic rings. The molecule has 1 atom stereocenters. The zero-order valence-corrected chi connectivity index (χ0v) is 15.1. The number of aliphatic hydroxyl groups excluding tert-OH is 1. The number of hydrogen-bond acceptors (Lipinski definition) is 4. The van der Waals surface area contributed by atoms with Crippen molar-refractivity contribution in [3.05, 3.63) is 54.1 Å². The van der Waals surface area contributed by atoms with E-state index in [2.05, 4.69) is 10.6 Å². The van der Waals surface area contributed by atoms with E-state index >= 15 is 0 Å². The maximum Gasteiger partial charge on any atom is 0.226 e. The van der Waals surface area contributed by atoms with E-state index in [9.17, 15) is 4.79 Å². The number of nitrogens with one attached hydrogen (secondary N) is 2. The molecule has 0 aromatic heterocycles. The Hall–Kier alpha value is -2.53. The topological polar surface area (TPSA) is 64.6 Å². The molecule has 0 heterocycles. The Balaban J connectivity index is 1.86. The lowest BCUT2D eigenvalue weighted by Gasteiger charge is -2.19. The summed E-state index contributed by atoms with van der Waals surface area (Å²) in [6.07, 6.45) is 0.389. The summed E-state index contributed by atoms with van der Waals surface area (Å²) in [4.78, 5) is 14.2. The third-order valence-corrected chi connectivity index (χ3v) is 4.07. The maximum atomic E-state index is 12.2. The summed E-state index contributed by atoms with van der Waals surface area (Å²) in [6.45, 7) is 4.70. The molecule has 0 saturated carbocycles. The summed E-state index contributed by atoms with van der Waals surface area (Å²) in [6, 6.07) is 15.7. The van der Waals surface area contributed by atoms with E-state index in [4.69, 9.17) is 5.11 Å². The Morgan fingerprint density at radius 3 is 2.48 bits per heavy atom. The van der Waals surface area contributed by atoms with Crippen molar-refractivity contribution < 1.29 is 9.90 Å². The lowest BCUT2D eigenvalue weighted by Crippen LogP contribution is -2.24. The number of benzene rings is 2. The second kappa shape index (κ2) is 9.08. The Bertz CT molecular complexity index is 686. The predicted molar refractivity (Wildman–Crippen MR) is 104 cm³/mol. The lowest BCUT2D eigenvalue weighted by molar-refractivity contribution is -0.116. The first-order valence-electron chi connectivity index (χ1n) is 8.53. The molecule has 5 heteroatoms. The minimum atomic E-state index is -0.00593. The molecule has 1 amide bonds. The van der Waals surface area contributed by atoms with Crippen LogP contribution in [0.3, 0.4) is 0 Å². The van der Waals surface area contributed by atoms with Crippen molar-refractivity contribution in [3.63, 3.8) is 0 Å². The second-order valence-corrected chi connectivity index (χ2v) is 6.30. The van der Waals surface area contributed by atoms with Crippen LogP contribution in [0.1, 0.15) is 18.9 Å². The van der Waals surface area contributed by atoms with Gasteiger partial charge in [0, 0.05) is 43.1 Å². The summed E-state index contributed by atoms with van der Waals surface area (Å²) in [5, 5.41) is 15.3. The molecule has 0 aliphatic heterocycles. The van der Waals surface area contributed by atoms with Gasteiger partial charge >= 0.3 is 0 Å².